The van der Waals surface area contributed by atoms with E-state index in [2.05, 4.69) is 108 Å². The first-order valence-electron chi connectivity index (χ1n) is 10.2. The molecule has 4 aromatic rings. The first kappa shape index (κ1) is 19.1. The average molecular weight is 456 g/mol. The van der Waals surface area contributed by atoms with Gasteiger partial charge in [-0.25, -0.2) is 0 Å². The number of carbonyl (C=O) groups excluding carboxylic acids is 1. The predicted octanol–water partition coefficient (Wildman–Crippen LogP) is 6.98. The van der Waals surface area contributed by atoms with Crippen LogP contribution in [0.5, 0.6) is 0 Å². The number of carbonyl (C=O) groups is 1. The molecular weight excluding hydrogens is 434 g/mol. The van der Waals surface area contributed by atoms with Crippen LogP contribution in [0.25, 0.3) is 10.8 Å². The summed E-state index contributed by atoms with van der Waals surface area (Å²) in [6.45, 7) is 2.69. The summed E-state index contributed by atoms with van der Waals surface area (Å²) in [6, 6.07) is 29.5. The molecule has 0 N–H and O–H groups in total. The topological polar surface area (TPSA) is 20.3 Å². The fourth-order valence-corrected chi connectivity index (χ4v) is 4.82. The second-order valence-electron chi connectivity index (χ2n) is 8.00. The van der Waals surface area contributed by atoms with Gasteiger partial charge >= 0.3 is 0 Å². The molecule has 0 saturated heterocycles. The Morgan fingerprint density at radius 3 is 2.53 bits per heavy atom. The van der Waals surface area contributed by atoms with E-state index in [0.29, 0.717) is 13.0 Å². The molecule has 2 nitrogen and oxygen atoms in total. The molecular formula is C27H22BrNO. The smallest absolute Gasteiger partial charge is 0.228 e. The van der Waals surface area contributed by atoms with Crippen LogP contribution in [0.2, 0.25) is 0 Å². The van der Waals surface area contributed by atoms with Crippen molar-refractivity contribution in [1.82, 2.24) is 0 Å². The zero-order valence-corrected chi connectivity index (χ0v) is 18.4. The lowest BCUT2D eigenvalue weighted by Crippen LogP contribution is -2.36. The summed E-state index contributed by atoms with van der Waals surface area (Å²) in [4.78, 5) is 15.3. The number of fused-ring (bicyclic) bond motifs is 3. The first-order valence-corrected chi connectivity index (χ1v) is 11.0. The van der Waals surface area contributed by atoms with Gasteiger partial charge in [-0.2, -0.15) is 0 Å². The first-order chi connectivity index (χ1) is 14.6. The van der Waals surface area contributed by atoms with Gasteiger partial charge in [0.25, 0.3) is 0 Å². The molecule has 3 heteroatoms. The zero-order valence-electron chi connectivity index (χ0n) is 16.8. The lowest BCUT2D eigenvalue weighted by molar-refractivity contribution is -0.119. The van der Waals surface area contributed by atoms with Gasteiger partial charge in [-0.1, -0.05) is 88.2 Å². The van der Waals surface area contributed by atoms with Crippen LogP contribution in [-0.2, 0) is 11.3 Å². The number of hydrogen-bond donors (Lipinski definition) is 0. The molecule has 0 fully saturated rings. The Morgan fingerprint density at radius 2 is 1.73 bits per heavy atom. The number of nitrogens with zero attached hydrogens (tertiary/aromatic N) is 1. The van der Waals surface area contributed by atoms with Crippen molar-refractivity contribution >= 4 is 38.3 Å². The van der Waals surface area contributed by atoms with E-state index < -0.39 is 0 Å². The van der Waals surface area contributed by atoms with Gasteiger partial charge in [0.2, 0.25) is 5.91 Å². The highest BCUT2D eigenvalue weighted by molar-refractivity contribution is 9.10. The maximum Gasteiger partial charge on any atom is 0.228 e. The maximum atomic E-state index is 13.3. The van der Waals surface area contributed by atoms with Crippen molar-refractivity contribution in [3.63, 3.8) is 0 Å². The van der Waals surface area contributed by atoms with Gasteiger partial charge < -0.3 is 4.90 Å². The Kier molecular flexibility index (Phi) is 4.92. The minimum atomic E-state index is 0.0560. The van der Waals surface area contributed by atoms with E-state index in [1.807, 2.05) is 4.90 Å². The van der Waals surface area contributed by atoms with Crippen molar-refractivity contribution in [3.8, 4) is 0 Å². The van der Waals surface area contributed by atoms with E-state index in [1.54, 1.807) is 0 Å². The van der Waals surface area contributed by atoms with Crippen molar-refractivity contribution in [2.24, 2.45) is 0 Å². The molecule has 0 spiro atoms. The second kappa shape index (κ2) is 7.73. The summed E-state index contributed by atoms with van der Waals surface area (Å²) < 4.78 is 1.05. The molecule has 4 aromatic carbocycles. The number of amides is 1. The largest absolute Gasteiger partial charge is 0.308 e. The third kappa shape index (κ3) is 3.44. The summed E-state index contributed by atoms with van der Waals surface area (Å²) in [5.74, 6) is 0.229. The van der Waals surface area contributed by atoms with Gasteiger partial charge in [-0.3, -0.25) is 4.79 Å². The van der Waals surface area contributed by atoms with Crippen LogP contribution in [0.15, 0.2) is 89.4 Å². The van der Waals surface area contributed by atoms with Crippen LogP contribution in [0.1, 0.15) is 34.6 Å². The Hall–Kier alpha value is -2.91. The summed E-state index contributed by atoms with van der Waals surface area (Å²) in [5, 5.41) is 2.44. The molecule has 1 heterocycles. The highest BCUT2D eigenvalue weighted by Gasteiger charge is 2.33. The van der Waals surface area contributed by atoms with E-state index in [4.69, 9.17) is 0 Å². The summed E-state index contributed by atoms with van der Waals surface area (Å²) in [7, 11) is 0. The van der Waals surface area contributed by atoms with Gasteiger partial charge in [0, 0.05) is 22.5 Å². The molecule has 0 bridgehead atoms. The number of benzene rings is 4. The second-order valence-corrected chi connectivity index (χ2v) is 8.91. The van der Waals surface area contributed by atoms with Gasteiger partial charge in [0.05, 0.1) is 6.54 Å². The Balaban J connectivity index is 1.68. The van der Waals surface area contributed by atoms with Gasteiger partial charge in [-0.05, 0) is 52.6 Å². The molecule has 0 saturated carbocycles. The van der Waals surface area contributed by atoms with Crippen LogP contribution in [-0.4, -0.2) is 5.91 Å². The normalized spacial score (nSPS) is 16.0. The zero-order chi connectivity index (χ0) is 20.7. The Bertz CT molecular complexity index is 1250. The fourth-order valence-electron chi connectivity index (χ4n) is 4.55. The van der Waals surface area contributed by atoms with Crippen LogP contribution in [0, 0.1) is 6.92 Å². The Labute approximate surface area is 185 Å². The molecule has 1 amide bonds. The highest BCUT2D eigenvalue weighted by atomic mass is 79.9. The molecule has 0 radical (unpaired) electrons. The van der Waals surface area contributed by atoms with Crippen molar-refractivity contribution < 1.29 is 4.79 Å². The van der Waals surface area contributed by atoms with E-state index >= 15 is 0 Å². The van der Waals surface area contributed by atoms with E-state index in [1.165, 1.54) is 27.5 Å². The minimum Gasteiger partial charge on any atom is -0.308 e. The van der Waals surface area contributed by atoms with Crippen molar-refractivity contribution in [2.45, 2.75) is 25.8 Å². The fraction of sp³-hybridized carbons (Fsp3) is 0.148. The van der Waals surface area contributed by atoms with Gasteiger partial charge in [-0.15, -0.1) is 0 Å². The van der Waals surface area contributed by atoms with E-state index in [0.717, 1.165) is 15.7 Å². The summed E-state index contributed by atoms with van der Waals surface area (Å²) >= 11 is 3.53. The van der Waals surface area contributed by atoms with Crippen molar-refractivity contribution in [3.05, 3.63) is 112 Å². The van der Waals surface area contributed by atoms with Crippen LogP contribution < -0.4 is 4.90 Å². The quantitative estimate of drug-likeness (QED) is 0.326. The number of anilines is 1. The van der Waals surface area contributed by atoms with Gasteiger partial charge in [0.1, 0.15) is 0 Å². The SMILES string of the molecule is Cc1cccc(CN2C(=O)CC(c3ccc(Br)cc3)c3c2ccc2ccccc32)c1. The molecule has 1 aliphatic heterocycles. The number of hydrogen-bond acceptors (Lipinski definition) is 1. The highest BCUT2D eigenvalue weighted by Crippen LogP contribution is 2.44. The van der Waals surface area contributed by atoms with Crippen molar-refractivity contribution in [1.29, 1.82) is 0 Å². The summed E-state index contributed by atoms with van der Waals surface area (Å²) in [5.41, 5.74) is 5.83. The number of halogens is 1. The lowest BCUT2D eigenvalue weighted by Gasteiger charge is -2.35. The molecule has 1 unspecified atom stereocenters. The average Bonchev–Trinajstić information content (AvgIpc) is 2.76. The monoisotopic (exact) mass is 455 g/mol. The lowest BCUT2D eigenvalue weighted by atomic mass is 9.81. The summed E-state index contributed by atoms with van der Waals surface area (Å²) in [6.07, 6.45) is 0.481. The molecule has 30 heavy (non-hydrogen) atoms. The van der Waals surface area contributed by atoms with Crippen LogP contribution in [0.4, 0.5) is 5.69 Å². The maximum absolute atomic E-state index is 13.3. The van der Waals surface area contributed by atoms with E-state index in [9.17, 15) is 4.79 Å². The number of aryl methyl sites for hydroxylation is 1. The molecule has 5 rings (SSSR count). The van der Waals surface area contributed by atoms with E-state index in [-0.39, 0.29) is 11.8 Å². The standard InChI is InChI=1S/C27H22BrNO/c1-18-5-4-6-19(15-18)17-29-25-14-11-20-7-2-3-8-23(20)27(25)24(16-26(29)30)21-9-12-22(28)13-10-21/h2-15,24H,16-17H2,1H3. The van der Waals surface area contributed by atoms with Crippen molar-refractivity contribution in [2.75, 3.05) is 4.90 Å². The predicted molar refractivity (Wildman–Crippen MR) is 127 cm³/mol. The van der Waals surface area contributed by atoms with Crippen LogP contribution in [0.3, 0.4) is 0 Å². The molecule has 1 atom stereocenters. The molecule has 1 aliphatic rings. The molecule has 0 aromatic heterocycles. The van der Waals surface area contributed by atoms with Gasteiger partial charge in [0.15, 0.2) is 0 Å². The number of rotatable bonds is 3. The third-order valence-electron chi connectivity index (χ3n) is 5.96. The van der Waals surface area contributed by atoms with Crippen LogP contribution >= 0.6 is 15.9 Å². The third-order valence-corrected chi connectivity index (χ3v) is 6.49. The Morgan fingerprint density at radius 1 is 0.933 bits per heavy atom. The minimum absolute atomic E-state index is 0.0560. The molecule has 148 valence electrons. The molecule has 0 aliphatic carbocycles.